The molecule has 94 valence electrons. The second-order valence-electron chi connectivity index (χ2n) is 3.79. The monoisotopic (exact) mass is 244 g/mol. The average Bonchev–Trinajstić information content (AvgIpc) is 2.41. The highest BCUT2D eigenvalue weighted by Crippen LogP contribution is 2.26. The molecule has 0 radical (unpaired) electrons. The van der Waals surface area contributed by atoms with Gasteiger partial charge < -0.3 is 14.8 Å². The summed E-state index contributed by atoms with van der Waals surface area (Å²) >= 11 is 0. The van der Waals surface area contributed by atoms with Gasteiger partial charge in [0.1, 0.15) is 17.2 Å². The molecule has 2 rings (SSSR count). The smallest absolute Gasteiger partial charge is 0.150 e. The first-order valence-corrected chi connectivity index (χ1v) is 5.73. The highest BCUT2D eigenvalue weighted by Gasteiger charge is 2.04. The molecule has 0 atom stereocenters. The number of rotatable bonds is 5. The lowest BCUT2D eigenvalue weighted by Crippen LogP contribution is -2.06. The van der Waals surface area contributed by atoms with Crippen LogP contribution >= 0.6 is 0 Å². The van der Waals surface area contributed by atoms with E-state index < -0.39 is 0 Å². The van der Waals surface area contributed by atoms with Crippen molar-refractivity contribution in [3.63, 3.8) is 0 Å². The van der Waals surface area contributed by atoms with Crippen molar-refractivity contribution in [3.05, 3.63) is 48.3 Å². The van der Waals surface area contributed by atoms with Crippen molar-refractivity contribution in [1.29, 1.82) is 0 Å². The van der Waals surface area contributed by atoms with E-state index >= 15 is 0 Å². The Bertz CT molecular complexity index is 515. The number of benzene rings is 1. The molecule has 4 nitrogen and oxygen atoms in total. The predicted molar refractivity (Wildman–Crippen MR) is 70.1 cm³/mol. The fraction of sp³-hybridized carbons (Fsp3) is 0.214. The lowest BCUT2D eigenvalue weighted by molar-refractivity contribution is 0.408. The van der Waals surface area contributed by atoms with Gasteiger partial charge in [0, 0.05) is 24.4 Å². The molecule has 0 aliphatic heterocycles. The van der Waals surface area contributed by atoms with E-state index in [1.54, 1.807) is 19.5 Å². The fourth-order valence-electron chi connectivity index (χ4n) is 1.63. The minimum atomic E-state index is 0.736. The number of hydrogen-bond acceptors (Lipinski definition) is 4. The van der Waals surface area contributed by atoms with Crippen LogP contribution in [-0.4, -0.2) is 19.1 Å². The van der Waals surface area contributed by atoms with Crippen LogP contribution in [0.3, 0.4) is 0 Å². The lowest BCUT2D eigenvalue weighted by Gasteiger charge is -2.10. The second-order valence-corrected chi connectivity index (χ2v) is 3.79. The number of methoxy groups -OCH3 is 1. The normalized spacial score (nSPS) is 10.1. The van der Waals surface area contributed by atoms with Gasteiger partial charge in [0.2, 0.25) is 0 Å². The Morgan fingerprint density at radius 1 is 1.22 bits per heavy atom. The molecule has 0 aliphatic carbocycles. The van der Waals surface area contributed by atoms with Crippen molar-refractivity contribution in [2.75, 3.05) is 14.2 Å². The van der Waals surface area contributed by atoms with Crippen LogP contribution in [0.5, 0.6) is 17.2 Å². The largest absolute Gasteiger partial charge is 0.497 e. The van der Waals surface area contributed by atoms with E-state index in [1.807, 2.05) is 37.4 Å². The lowest BCUT2D eigenvalue weighted by atomic mass is 10.2. The number of nitrogens with one attached hydrogen (secondary N) is 1. The molecule has 0 amide bonds. The molecule has 0 spiro atoms. The van der Waals surface area contributed by atoms with Gasteiger partial charge in [-0.3, -0.25) is 4.98 Å². The topological polar surface area (TPSA) is 43.4 Å². The SMILES string of the molecule is CNCc1ccncc1Oc1cccc(OC)c1. The van der Waals surface area contributed by atoms with Crippen molar-refractivity contribution in [1.82, 2.24) is 10.3 Å². The Labute approximate surface area is 107 Å². The van der Waals surface area contributed by atoms with Crippen molar-refractivity contribution >= 4 is 0 Å². The maximum Gasteiger partial charge on any atom is 0.150 e. The van der Waals surface area contributed by atoms with E-state index in [9.17, 15) is 0 Å². The zero-order valence-electron chi connectivity index (χ0n) is 10.5. The summed E-state index contributed by atoms with van der Waals surface area (Å²) in [5.41, 5.74) is 1.07. The summed E-state index contributed by atoms with van der Waals surface area (Å²) < 4.78 is 11.0. The molecule has 0 saturated heterocycles. The van der Waals surface area contributed by atoms with Crippen LogP contribution in [0.15, 0.2) is 42.7 Å². The van der Waals surface area contributed by atoms with Gasteiger partial charge >= 0.3 is 0 Å². The number of pyridine rings is 1. The maximum atomic E-state index is 5.82. The third-order valence-electron chi connectivity index (χ3n) is 2.51. The van der Waals surface area contributed by atoms with Crippen molar-refractivity contribution < 1.29 is 9.47 Å². The first kappa shape index (κ1) is 12.4. The van der Waals surface area contributed by atoms with Crippen LogP contribution in [0.2, 0.25) is 0 Å². The van der Waals surface area contributed by atoms with Gasteiger partial charge in [0.15, 0.2) is 0 Å². The molecule has 18 heavy (non-hydrogen) atoms. The van der Waals surface area contributed by atoms with Crippen LogP contribution < -0.4 is 14.8 Å². The molecular formula is C14H16N2O2. The van der Waals surface area contributed by atoms with Gasteiger partial charge in [0.25, 0.3) is 0 Å². The van der Waals surface area contributed by atoms with Crippen LogP contribution in [0.1, 0.15) is 5.56 Å². The summed E-state index contributed by atoms with van der Waals surface area (Å²) in [7, 11) is 3.53. The third-order valence-corrected chi connectivity index (χ3v) is 2.51. The van der Waals surface area contributed by atoms with E-state index in [4.69, 9.17) is 9.47 Å². The summed E-state index contributed by atoms with van der Waals surface area (Å²) in [5, 5.41) is 3.10. The Morgan fingerprint density at radius 2 is 2.06 bits per heavy atom. The summed E-state index contributed by atoms with van der Waals surface area (Å²) in [6.45, 7) is 0.738. The highest BCUT2D eigenvalue weighted by molar-refractivity contribution is 5.38. The third kappa shape index (κ3) is 2.99. The van der Waals surface area contributed by atoms with Gasteiger partial charge in [-0.15, -0.1) is 0 Å². The molecule has 4 heteroatoms. The van der Waals surface area contributed by atoms with Gasteiger partial charge in [-0.25, -0.2) is 0 Å². The highest BCUT2D eigenvalue weighted by atomic mass is 16.5. The average molecular weight is 244 g/mol. The molecule has 1 N–H and O–H groups in total. The van der Waals surface area contributed by atoms with Crippen LogP contribution in [0.4, 0.5) is 0 Å². The van der Waals surface area contributed by atoms with Gasteiger partial charge in [-0.05, 0) is 25.2 Å². The van der Waals surface area contributed by atoms with Gasteiger partial charge in [0.05, 0.1) is 13.3 Å². The standard InChI is InChI=1S/C14H16N2O2/c1-15-9-11-6-7-16-10-14(11)18-13-5-3-4-12(8-13)17-2/h3-8,10,15H,9H2,1-2H3. The van der Waals surface area contributed by atoms with Crippen molar-refractivity contribution in [2.24, 2.45) is 0 Å². The van der Waals surface area contributed by atoms with E-state index in [2.05, 4.69) is 10.3 Å². The number of hydrogen-bond donors (Lipinski definition) is 1. The minimum Gasteiger partial charge on any atom is -0.497 e. The Balaban J connectivity index is 2.22. The summed E-state index contributed by atoms with van der Waals surface area (Å²) in [6, 6.07) is 9.44. The zero-order valence-corrected chi connectivity index (χ0v) is 10.5. The number of nitrogens with zero attached hydrogens (tertiary/aromatic N) is 1. The van der Waals surface area contributed by atoms with E-state index in [0.717, 1.165) is 29.4 Å². The molecular weight excluding hydrogens is 228 g/mol. The van der Waals surface area contributed by atoms with E-state index in [1.165, 1.54) is 0 Å². The second kappa shape index (κ2) is 6.02. The van der Waals surface area contributed by atoms with E-state index in [-0.39, 0.29) is 0 Å². The maximum absolute atomic E-state index is 5.82. The quantitative estimate of drug-likeness (QED) is 0.878. The Hall–Kier alpha value is -2.07. The first-order valence-electron chi connectivity index (χ1n) is 5.73. The fourth-order valence-corrected chi connectivity index (χ4v) is 1.63. The predicted octanol–water partition coefficient (Wildman–Crippen LogP) is 2.60. The van der Waals surface area contributed by atoms with Crippen LogP contribution in [-0.2, 0) is 6.54 Å². The van der Waals surface area contributed by atoms with Crippen molar-refractivity contribution in [3.8, 4) is 17.2 Å². The molecule has 0 aliphatic rings. The Morgan fingerprint density at radius 3 is 2.83 bits per heavy atom. The summed E-state index contributed by atoms with van der Waals surface area (Å²) in [4.78, 5) is 4.08. The Kier molecular flexibility index (Phi) is 4.15. The summed E-state index contributed by atoms with van der Waals surface area (Å²) in [6.07, 6.45) is 3.47. The van der Waals surface area contributed by atoms with Crippen LogP contribution in [0, 0.1) is 0 Å². The minimum absolute atomic E-state index is 0.736. The molecule has 0 saturated carbocycles. The van der Waals surface area contributed by atoms with Gasteiger partial charge in [-0.1, -0.05) is 6.07 Å². The molecule has 2 aromatic rings. The molecule has 1 aromatic heterocycles. The first-order chi connectivity index (χ1) is 8.83. The zero-order chi connectivity index (χ0) is 12.8. The molecule has 0 bridgehead atoms. The molecule has 1 aromatic carbocycles. The number of ether oxygens (including phenoxy) is 2. The van der Waals surface area contributed by atoms with Crippen LogP contribution in [0.25, 0.3) is 0 Å². The van der Waals surface area contributed by atoms with E-state index in [0.29, 0.717) is 0 Å². The molecule has 0 unspecified atom stereocenters. The summed E-state index contributed by atoms with van der Waals surface area (Å²) in [5.74, 6) is 2.26. The van der Waals surface area contributed by atoms with Gasteiger partial charge in [-0.2, -0.15) is 0 Å². The molecule has 1 heterocycles. The number of aromatic nitrogens is 1. The van der Waals surface area contributed by atoms with Crippen molar-refractivity contribution in [2.45, 2.75) is 6.54 Å². The molecule has 0 fully saturated rings.